The molecular weight excluding hydrogens is 304 g/mol. The van der Waals surface area contributed by atoms with E-state index in [0.29, 0.717) is 36.5 Å². The minimum absolute atomic E-state index is 0.0601. The van der Waals surface area contributed by atoms with Gasteiger partial charge in [-0.3, -0.25) is 9.59 Å². The Morgan fingerprint density at radius 1 is 1.36 bits per heavy atom. The topological polar surface area (TPSA) is 69.6 Å². The molecule has 1 aromatic carbocycles. The Morgan fingerprint density at radius 3 is 2.59 bits per heavy atom. The molecule has 0 unspecified atom stereocenters. The third-order valence-electron chi connectivity index (χ3n) is 3.92. The van der Waals surface area contributed by atoms with E-state index in [-0.39, 0.29) is 18.4 Å². The zero-order chi connectivity index (χ0) is 16.2. The van der Waals surface area contributed by atoms with Crippen molar-refractivity contribution >= 4 is 23.4 Å². The Kier molecular flexibility index (Phi) is 5.21. The molecule has 22 heavy (non-hydrogen) atoms. The molecule has 0 saturated carbocycles. The quantitative estimate of drug-likeness (QED) is 0.824. The van der Waals surface area contributed by atoms with Gasteiger partial charge in [-0.15, -0.1) is 0 Å². The molecule has 0 atom stereocenters. The molecule has 2 rings (SSSR count). The Bertz CT molecular complexity index is 581. The molecule has 2 amide bonds. The van der Waals surface area contributed by atoms with Crippen molar-refractivity contribution in [3.63, 3.8) is 0 Å². The van der Waals surface area contributed by atoms with Crippen LogP contribution in [0.5, 0.6) is 0 Å². The number of hydrogen-bond acceptors (Lipinski definition) is 3. The zero-order valence-electron chi connectivity index (χ0n) is 12.2. The van der Waals surface area contributed by atoms with Crippen LogP contribution in [0.4, 0.5) is 0 Å². The van der Waals surface area contributed by atoms with Gasteiger partial charge in [0.05, 0.1) is 12.1 Å². The van der Waals surface area contributed by atoms with Crippen LogP contribution in [0, 0.1) is 0 Å². The summed E-state index contributed by atoms with van der Waals surface area (Å²) in [4.78, 5) is 24.7. The third-order valence-corrected chi connectivity index (χ3v) is 4.25. The fourth-order valence-electron chi connectivity index (χ4n) is 2.58. The first-order valence-corrected chi connectivity index (χ1v) is 7.49. The number of halogens is 1. The standard InChI is InChI=1S/C16H19ClN2O3/c1-2-14(20)18-11-15(21)19-9-7-16(22,8-10-19)12-5-3-4-6-13(12)17/h2-6,22H,1,7-11H2,(H,18,20). The molecule has 118 valence electrons. The van der Waals surface area contributed by atoms with Crippen molar-refractivity contribution in [2.45, 2.75) is 18.4 Å². The van der Waals surface area contributed by atoms with Gasteiger partial charge in [0.25, 0.3) is 0 Å². The maximum Gasteiger partial charge on any atom is 0.243 e. The summed E-state index contributed by atoms with van der Waals surface area (Å²) < 4.78 is 0. The first-order valence-electron chi connectivity index (χ1n) is 7.12. The van der Waals surface area contributed by atoms with Gasteiger partial charge < -0.3 is 15.3 Å². The van der Waals surface area contributed by atoms with Crippen molar-refractivity contribution in [1.82, 2.24) is 10.2 Å². The molecule has 1 aliphatic heterocycles. The van der Waals surface area contributed by atoms with Crippen LogP contribution in [0.3, 0.4) is 0 Å². The summed E-state index contributed by atoms with van der Waals surface area (Å²) in [5.41, 5.74) is -0.317. The summed E-state index contributed by atoms with van der Waals surface area (Å²) >= 11 is 6.15. The molecule has 1 heterocycles. The normalized spacial score (nSPS) is 16.9. The summed E-state index contributed by atoms with van der Waals surface area (Å²) in [5.74, 6) is -0.547. The highest BCUT2D eigenvalue weighted by Gasteiger charge is 2.36. The van der Waals surface area contributed by atoms with Crippen LogP contribution >= 0.6 is 11.6 Å². The molecule has 0 radical (unpaired) electrons. The van der Waals surface area contributed by atoms with Crippen molar-refractivity contribution < 1.29 is 14.7 Å². The monoisotopic (exact) mass is 322 g/mol. The van der Waals surface area contributed by atoms with E-state index in [1.165, 1.54) is 0 Å². The highest BCUT2D eigenvalue weighted by molar-refractivity contribution is 6.31. The number of likely N-dealkylation sites (tertiary alicyclic amines) is 1. The number of hydrogen-bond donors (Lipinski definition) is 2. The van der Waals surface area contributed by atoms with E-state index in [4.69, 9.17) is 11.6 Å². The molecular formula is C16H19ClN2O3. The van der Waals surface area contributed by atoms with Gasteiger partial charge in [-0.2, -0.15) is 0 Å². The average Bonchev–Trinajstić information content (AvgIpc) is 2.53. The molecule has 1 aromatic rings. The van der Waals surface area contributed by atoms with Crippen LogP contribution in [0.15, 0.2) is 36.9 Å². The minimum Gasteiger partial charge on any atom is -0.385 e. The van der Waals surface area contributed by atoms with Crippen LogP contribution in [-0.4, -0.2) is 41.5 Å². The number of carbonyl (C=O) groups excluding carboxylic acids is 2. The van der Waals surface area contributed by atoms with Crippen molar-refractivity contribution in [2.75, 3.05) is 19.6 Å². The molecule has 1 saturated heterocycles. The molecule has 1 fully saturated rings. The Morgan fingerprint density at radius 2 is 2.00 bits per heavy atom. The summed E-state index contributed by atoms with van der Waals surface area (Å²) in [6.07, 6.45) is 1.95. The van der Waals surface area contributed by atoms with Gasteiger partial charge in [-0.1, -0.05) is 36.4 Å². The van der Waals surface area contributed by atoms with Gasteiger partial charge in [0.15, 0.2) is 0 Å². The predicted octanol–water partition coefficient (Wildman–Crippen LogP) is 1.45. The molecule has 5 nitrogen and oxygen atoms in total. The smallest absolute Gasteiger partial charge is 0.243 e. The lowest BCUT2D eigenvalue weighted by molar-refractivity contribution is -0.136. The first kappa shape index (κ1) is 16.5. The average molecular weight is 323 g/mol. The van der Waals surface area contributed by atoms with Crippen LogP contribution in [-0.2, 0) is 15.2 Å². The van der Waals surface area contributed by atoms with E-state index in [2.05, 4.69) is 11.9 Å². The second-order valence-corrected chi connectivity index (χ2v) is 5.72. The fourth-order valence-corrected chi connectivity index (χ4v) is 2.89. The van der Waals surface area contributed by atoms with Gasteiger partial charge in [0.2, 0.25) is 11.8 Å². The number of carbonyl (C=O) groups is 2. The maximum absolute atomic E-state index is 12.0. The van der Waals surface area contributed by atoms with Gasteiger partial charge in [0, 0.05) is 23.7 Å². The fraction of sp³-hybridized carbons (Fsp3) is 0.375. The predicted molar refractivity (Wildman–Crippen MR) is 84.4 cm³/mol. The van der Waals surface area contributed by atoms with Crippen LogP contribution in [0.2, 0.25) is 5.02 Å². The summed E-state index contributed by atoms with van der Waals surface area (Å²) in [5, 5.41) is 13.8. The van der Waals surface area contributed by atoms with Crippen molar-refractivity contribution in [3.8, 4) is 0 Å². The number of benzene rings is 1. The van der Waals surface area contributed by atoms with Gasteiger partial charge in [-0.05, 0) is 25.0 Å². The Balaban J connectivity index is 1.95. The Hall–Kier alpha value is -1.85. The number of amides is 2. The lowest BCUT2D eigenvalue weighted by atomic mass is 9.84. The van der Waals surface area contributed by atoms with E-state index in [1.54, 1.807) is 11.0 Å². The van der Waals surface area contributed by atoms with E-state index >= 15 is 0 Å². The number of nitrogens with one attached hydrogen (secondary N) is 1. The second-order valence-electron chi connectivity index (χ2n) is 5.31. The number of rotatable bonds is 4. The van der Waals surface area contributed by atoms with Crippen molar-refractivity contribution in [2.24, 2.45) is 0 Å². The van der Waals surface area contributed by atoms with Gasteiger partial charge in [0.1, 0.15) is 0 Å². The highest BCUT2D eigenvalue weighted by Crippen LogP contribution is 2.36. The molecule has 0 aliphatic carbocycles. The third kappa shape index (κ3) is 3.67. The van der Waals surface area contributed by atoms with Crippen LogP contribution in [0.1, 0.15) is 18.4 Å². The van der Waals surface area contributed by atoms with E-state index in [9.17, 15) is 14.7 Å². The molecule has 0 aromatic heterocycles. The SMILES string of the molecule is C=CC(=O)NCC(=O)N1CCC(O)(c2ccccc2Cl)CC1. The van der Waals surface area contributed by atoms with Crippen molar-refractivity contribution in [3.05, 3.63) is 47.5 Å². The van der Waals surface area contributed by atoms with E-state index < -0.39 is 5.60 Å². The second kappa shape index (κ2) is 6.94. The number of nitrogens with zero attached hydrogens (tertiary/aromatic N) is 1. The van der Waals surface area contributed by atoms with E-state index in [1.807, 2.05) is 18.2 Å². The van der Waals surface area contributed by atoms with Crippen LogP contribution < -0.4 is 5.32 Å². The molecule has 6 heteroatoms. The van der Waals surface area contributed by atoms with Crippen molar-refractivity contribution in [1.29, 1.82) is 0 Å². The first-order chi connectivity index (χ1) is 10.5. The maximum atomic E-state index is 12.0. The molecule has 1 aliphatic rings. The van der Waals surface area contributed by atoms with Gasteiger partial charge in [-0.25, -0.2) is 0 Å². The largest absolute Gasteiger partial charge is 0.385 e. The molecule has 2 N–H and O–H groups in total. The summed E-state index contributed by atoms with van der Waals surface area (Å²) in [7, 11) is 0. The zero-order valence-corrected chi connectivity index (χ0v) is 13.0. The molecule has 0 bridgehead atoms. The van der Waals surface area contributed by atoms with E-state index in [0.717, 1.165) is 6.08 Å². The highest BCUT2D eigenvalue weighted by atomic mass is 35.5. The van der Waals surface area contributed by atoms with Gasteiger partial charge >= 0.3 is 0 Å². The lowest BCUT2D eigenvalue weighted by Crippen LogP contribution is -2.48. The Labute approximate surface area is 134 Å². The minimum atomic E-state index is -1.01. The van der Waals surface area contributed by atoms with Crippen LogP contribution in [0.25, 0.3) is 0 Å². The summed E-state index contributed by atoms with van der Waals surface area (Å²) in [6, 6.07) is 7.21. The number of piperidine rings is 1. The lowest BCUT2D eigenvalue weighted by Gasteiger charge is -2.39. The molecule has 0 spiro atoms. The summed E-state index contributed by atoms with van der Waals surface area (Å²) in [6.45, 7) is 4.11. The number of aliphatic hydroxyl groups is 1.